The van der Waals surface area contributed by atoms with E-state index in [1.165, 1.54) is 58.2 Å². The molecule has 1 N–H and O–H groups in total. The Balaban J connectivity index is 1.28. The van der Waals surface area contributed by atoms with Crippen molar-refractivity contribution in [1.29, 1.82) is 0 Å². The second-order valence-electron chi connectivity index (χ2n) is 6.68. The van der Waals surface area contributed by atoms with Gasteiger partial charge in [0.1, 0.15) is 0 Å². The van der Waals surface area contributed by atoms with Crippen molar-refractivity contribution in [2.24, 2.45) is 5.41 Å². The van der Waals surface area contributed by atoms with E-state index in [0.29, 0.717) is 11.8 Å². The van der Waals surface area contributed by atoms with Crippen molar-refractivity contribution in [1.82, 2.24) is 4.90 Å². The Morgan fingerprint density at radius 1 is 0.950 bits per heavy atom. The third-order valence-corrected chi connectivity index (χ3v) is 4.55. The largest absolute Gasteiger partial charge is 0.481 e. The molecule has 0 radical (unpaired) electrons. The Bertz CT molecular complexity index is 294. The molecule has 2 heterocycles. The lowest BCUT2D eigenvalue weighted by Gasteiger charge is -2.55. The SMILES string of the molecule is O=C(O)CCCCCCCCCCN1CC2(COC2)C1. The fourth-order valence-electron chi connectivity index (χ4n) is 3.31. The maximum absolute atomic E-state index is 10.3. The first-order chi connectivity index (χ1) is 9.70. The number of hydrogen-bond donors (Lipinski definition) is 1. The molecule has 0 atom stereocenters. The van der Waals surface area contributed by atoms with Gasteiger partial charge in [0, 0.05) is 24.9 Å². The third-order valence-electron chi connectivity index (χ3n) is 4.55. The van der Waals surface area contributed by atoms with Crippen LogP contribution in [0.15, 0.2) is 0 Å². The highest BCUT2D eigenvalue weighted by molar-refractivity contribution is 5.66. The number of likely N-dealkylation sites (tertiary alicyclic amines) is 1. The highest BCUT2D eigenvalue weighted by Gasteiger charge is 2.48. The minimum Gasteiger partial charge on any atom is -0.481 e. The Hall–Kier alpha value is -0.610. The molecule has 0 amide bonds. The van der Waals surface area contributed by atoms with Gasteiger partial charge in [-0.15, -0.1) is 0 Å². The van der Waals surface area contributed by atoms with Gasteiger partial charge >= 0.3 is 5.97 Å². The minimum atomic E-state index is -0.661. The van der Waals surface area contributed by atoms with Crippen LogP contribution in [0.1, 0.15) is 57.8 Å². The molecule has 0 saturated carbocycles. The van der Waals surface area contributed by atoms with Gasteiger partial charge in [-0.1, -0.05) is 38.5 Å². The first-order valence-electron chi connectivity index (χ1n) is 8.22. The van der Waals surface area contributed by atoms with E-state index in [2.05, 4.69) is 4.90 Å². The van der Waals surface area contributed by atoms with Gasteiger partial charge in [0.25, 0.3) is 0 Å². The number of carbonyl (C=O) groups is 1. The summed E-state index contributed by atoms with van der Waals surface area (Å²) in [6, 6.07) is 0. The molecule has 2 aliphatic rings. The molecule has 2 aliphatic heterocycles. The summed E-state index contributed by atoms with van der Waals surface area (Å²) < 4.78 is 5.28. The van der Waals surface area contributed by atoms with Crippen molar-refractivity contribution in [3.8, 4) is 0 Å². The van der Waals surface area contributed by atoms with Crippen LogP contribution in [0.2, 0.25) is 0 Å². The van der Waals surface area contributed by atoms with Gasteiger partial charge in [0.2, 0.25) is 0 Å². The van der Waals surface area contributed by atoms with Gasteiger partial charge < -0.3 is 14.7 Å². The van der Waals surface area contributed by atoms with Crippen LogP contribution in [-0.2, 0) is 9.53 Å². The standard InChI is InChI=1S/C16H29NO3/c18-15(19)9-7-5-3-1-2-4-6-8-10-17-11-16(12-17)13-20-14-16/h1-14H2,(H,18,19). The van der Waals surface area contributed by atoms with Crippen molar-refractivity contribution in [3.05, 3.63) is 0 Å². The molecule has 0 aromatic carbocycles. The van der Waals surface area contributed by atoms with Crippen LogP contribution in [-0.4, -0.2) is 48.8 Å². The molecule has 2 saturated heterocycles. The topological polar surface area (TPSA) is 49.8 Å². The normalized spacial score (nSPS) is 20.6. The molecule has 4 nitrogen and oxygen atoms in total. The van der Waals surface area contributed by atoms with Crippen molar-refractivity contribution >= 4 is 5.97 Å². The zero-order valence-electron chi connectivity index (χ0n) is 12.6. The summed E-state index contributed by atoms with van der Waals surface area (Å²) in [5, 5.41) is 8.52. The van der Waals surface area contributed by atoms with Gasteiger partial charge in [-0.25, -0.2) is 0 Å². The molecular weight excluding hydrogens is 254 g/mol. The van der Waals surface area contributed by atoms with Crippen LogP contribution in [0.3, 0.4) is 0 Å². The summed E-state index contributed by atoms with van der Waals surface area (Å²) in [6.45, 7) is 5.77. The summed E-state index contributed by atoms with van der Waals surface area (Å²) in [5.41, 5.74) is 0.565. The summed E-state index contributed by atoms with van der Waals surface area (Å²) in [7, 11) is 0. The van der Waals surface area contributed by atoms with E-state index in [1.807, 2.05) is 0 Å². The second kappa shape index (κ2) is 7.99. The van der Waals surface area contributed by atoms with E-state index in [9.17, 15) is 4.79 Å². The van der Waals surface area contributed by atoms with E-state index in [0.717, 1.165) is 26.1 Å². The van der Waals surface area contributed by atoms with E-state index in [4.69, 9.17) is 9.84 Å². The van der Waals surface area contributed by atoms with Crippen molar-refractivity contribution < 1.29 is 14.6 Å². The van der Waals surface area contributed by atoms with Gasteiger partial charge in [-0.2, -0.15) is 0 Å². The zero-order chi connectivity index (χ0) is 14.3. The van der Waals surface area contributed by atoms with Gasteiger partial charge in [-0.3, -0.25) is 4.79 Å². The summed E-state index contributed by atoms with van der Waals surface area (Å²) in [6.07, 6.45) is 10.0. The van der Waals surface area contributed by atoms with E-state index in [1.54, 1.807) is 0 Å². The molecular formula is C16H29NO3. The Morgan fingerprint density at radius 2 is 1.50 bits per heavy atom. The molecule has 0 aromatic rings. The first-order valence-corrected chi connectivity index (χ1v) is 8.22. The number of carboxylic acid groups (broad SMARTS) is 1. The highest BCUT2D eigenvalue weighted by Crippen LogP contribution is 2.37. The number of ether oxygens (including phenoxy) is 1. The van der Waals surface area contributed by atoms with Gasteiger partial charge in [0.05, 0.1) is 13.2 Å². The lowest BCUT2D eigenvalue weighted by Crippen LogP contribution is -2.65. The smallest absolute Gasteiger partial charge is 0.303 e. The molecule has 20 heavy (non-hydrogen) atoms. The van der Waals surface area contributed by atoms with Crippen LogP contribution >= 0.6 is 0 Å². The number of nitrogens with zero attached hydrogens (tertiary/aromatic N) is 1. The summed E-state index contributed by atoms with van der Waals surface area (Å²) in [4.78, 5) is 12.9. The predicted molar refractivity (Wildman–Crippen MR) is 78.9 cm³/mol. The second-order valence-corrected chi connectivity index (χ2v) is 6.68. The quantitative estimate of drug-likeness (QED) is 0.592. The molecule has 2 fully saturated rings. The molecule has 0 aliphatic carbocycles. The number of rotatable bonds is 11. The molecule has 4 heteroatoms. The lowest BCUT2D eigenvalue weighted by atomic mass is 9.78. The minimum absolute atomic E-state index is 0.336. The summed E-state index contributed by atoms with van der Waals surface area (Å²) in [5.74, 6) is -0.661. The van der Waals surface area contributed by atoms with Crippen LogP contribution in [0.4, 0.5) is 0 Å². The van der Waals surface area contributed by atoms with Crippen LogP contribution in [0.25, 0.3) is 0 Å². The number of carboxylic acids is 1. The molecule has 0 unspecified atom stereocenters. The Labute approximate surface area is 122 Å². The van der Waals surface area contributed by atoms with Gasteiger partial charge in [-0.05, 0) is 19.4 Å². The van der Waals surface area contributed by atoms with Crippen molar-refractivity contribution in [2.45, 2.75) is 57.8 Å². The van der Waals surface area contributed by atoms with E-state index >= 15 is 0 Å². The highest BCUT2D eigenvalue weighted by atomic mass is 16.5. The van der Waals surface area contributed by atoms with E-state index in [-0.39, 0.29) is 0 Å². The molecule has 0 aromatic heterocycles. The van der Waals surface area contributed by atoms with E-state index < -0.39 is 5.97 Å². The number of aliphatic carboxylic acids is 1. The molecule has 2 rings (SSSR count). The Kier molecular flexibility index (Phi) is 6.30. The van der Waals surface area contributed by atoms with Crippen molar-refractivity contribution in [3.63, 3.8) is 0 Å². The average Bonchev–Trinajstić information content (AvgIpc) is 2.31. The summed E-state index contributed by atoms with van der Waals surface area (Å²) >= 11 is 0. The average molecular weight is 283 g/mol. The molecule has 1 spiro atoms. The molecule has 0 bridgehead atoms. The van der Waals surface area contributed by atoms with Crippen LogP contribution < -0.4 is 0 Å². The maximum Gasteiger partial charge on any atom is 0.303 e. The zero-order valence-corrected chi connectivity index (χ0v) is 12.6. The lowest BCUT2D eigenvalue weighted by molar-refractivity contribution is -0.188. The fourth-order valence-corrected chi connectivity index (χ4v) is 3.31. The first kappa shape index (κ1) is 15.8. The maximum atomic E-state index is 10.3. The third kappa shape index (κ3) is 5.06. The number of hydrogen-bond acceptors (Lipinski definition) is 3. The van der Waals surface area contributed by atoms with Crippen LogP contribution in [0.5, 0.6) is 0 Å². The van der Waals surface area contributed by atoms with Gasteiger partial charge in [0.15, 0.2) is 0 Å². The number of unbranched alkanes of at least 4 members (excludes halogenated alkanes) is 7. The molecule has 116 valence electrons. The monoisotopic (exact) mass is 283 g/mol. The predicted octanol–water partition coefficient (Wildman–Crippen LogP) is 2.91. The van der Waals surface area contributed by atoms with Crippen LogP contribution in [0, 0.1) is 5.41 Å². The van der Waals surface area contributed by atoms with Crippen molar-refractivity contribution in [2.75, 3.05) is 32.8 Å². The fraction of sp³-hybridized carbons (Fsp3) is 0.938. The Morgan fingerprint density at radius 3 is 2.00 bits per heavy atom.